The van der Waals surface area contributed by atoms with Crippen molar-refractivity contribution in [2.24, 2.45) is 0 Å². The van der Waals surface area contributed by atoms with E-state index >= 15 is 0 Å². The predicted octanol–water partition coefficient (Wildman–Crippen LogP) is 2.43. The molecular formula is C22H25N2O+. The fourth-order valence-electron chi connectivity index (χ4n) is 4.30. The Morgan fingerprint density at radius 2 is 2.00 bits per heavy atom. The molecule has 3 atom stereocenters. The summed E-state index contributed by atoms with van der Waals surface area (Å²) in [6, 6.07) is 16.8. The van der Waals surface area contributed by atoms with Gasteiger partial charge in [0.2, 0.25) is 0 Å². The van der Waals surface area contributed by atoms with Gasteiger partial charge in [-0.15, -0.1) is 0 Å². The smallest absolute Gasteiger partial charge is 0.251 e. The van der Waals surface area contributed by atoms with Crippen LogP contribution in [0, 0.1) is 6.92 Å². The third-order valence-electron chi connectivity index (χ3n) is 5.53. The molecule has 2 aromatic rings. The van der Waals surface area contributed by atoms with Crippen LogP contribution in [0.3, 0.4) is 0 Å². The number of fused-ring (bicyclic) bond motifs is 3. The Hall–Kier alpha value is -2.39. The highest BCUT2D eigenvalue weighted by Gasteiger charge is 2.45. The number of carbonyl (C=O) groups is 1. The molecule has 0 bridgehead atoms. The van der Waals surface area contributed by atoms with Gasteiger partial charge in [0, 0.05) is 18.2 Å². The minimum Gasteiger partial charge on any atom is -0.337 e. The quantitative estimate of drug-likeness (QED) is 0.839. The van der Waals surface area contributed by atoms with Crippen molar-refractivity contribution in [1.82, 2.24) is 0 Å². The maximum atomic E-state index is 13.0. The number of hydrogen-bond donors (Lipinski definition) is 1. The lowest BCUT2D eigenvalue weighted by Crippen LogP contribution is -3.11. The summed E-state index contributed by atoms with van der Waals surface area (Å²) in [4.78, 5) is 16.6. The number of anilines is 1. The van der Waals surface area contributed by atoms with E-state index < -0.39 is 0 Å². The van der Waals surface area contributed by atoms with Crippen molar-refractivity contribution in [1.29, 1.82) is 0 Å². The fraction of sp³-hybridized carbons (Fsp3) is 0.318. The van der Waals surface area contributed by atoms with Gasteiger partial charge in [-0.3, -0.25) is 4.79 Å². The number of likely N-dealkylation sites (N-methyl/N-ethyl adjacent to an activating group) is 1. The minimum absolute atomic E-state index is 0.0982. The second kappa shape index (κ2) is 6.49. The number of hydrogen-bond acceptors (Lipinski definition) is 1. The summed E-state index contributed by atoms with van der Waals surface area (Å²) in [7, 11) is 2.26. The Labute approximate surface area is 149 Å². The zero-order valence-corrected chi connectivity index (χ0v) is 14.9. The van der Waals surface area contributed by atoms with Crippen LogP contribution in [0.1, 0.15) is 29.0 Å². The lowest BCUT2D eigenvalue weighted by molar-refractivity contribution is -0.886. The first-order valence-electron chi connectivity index (χ1n) is 9.11. The molecule has 1 amide bonds. The molecule has 25 heavy (non-hydrogen) atoms. The van der Waals surface area contributed by atoms with Crippen molar-refractivity contribution in [3.8, 4) is 0 Å². The Morgan fingerprint density at radius 1 is 1.20 bits per heavy atom. The molecule has 1 fully saturated rings. The van der Waals surface area contributed by atoms with Crippen molar-refractivity contribution in [2.75, 3.05) is 25.0 Å². The summed E-state index contributed by atoms with van der Waals surface area (Å²) in [6.45, 7) is 4.36. The molecule has 1 saturated heterocycles. The molecule has 0 radical (unpaired) electrons. The van der Waals surface area contributed by atoms with E-state index in [9.17, 15) is 4.79 Å². The minimum atomic E-state index is 0.0982. The summed E-state index contributed by atoms with van der Waals surface area (Å²) >= 11 is 0. The Bertz CT molecular complexity index is 812. The number of nitrogens with zero attached hydrogens (tertiary/aromatic N) is 1. The average Bonchev–Trinajstić information content (AvgIpc) is 2.93. The third kappa shape index (κ3) is 3.00. The van der Waals surface area contributed by atoms with Crippen molar-refractivity contribution in [3.63, 3.8) is 0 Å². The molecule has 2 aliphatic heterocycles. The van der Waals surface area contributed by atoms with E-state index in [0.29, 0.717) is 12.0 Å². The summed E-state index contributed by atoms with van der Waals surface area (Å²) in [6.07, 6.45) is 4.71. The molecule has 0 aliphatic carbocycles. The first-order valence-corrected chi connectivity index (χ1v) is 9.11. The van der Waals surface area contributed by atoms with Crippen LogP contribution in [-0.2, 0) is 4.79 Å². The number of aryl methyl sites for hydroxylation is 1. The molecule has 1 N–H and O–H groups in total. The zero-order chi connectivity index (χ0) is 17.4. The van der Waals surface area contributed by atoms with Gasteiger partial charge in [0.05, 0.1) is 32.1 Å². The van der Waals surface area contributed by atoms with Gasteiger partial charge in [-0.25, -0.2) is 0 Å². The molecule has 3 nitrogen and oxygen atoms in total. The summed E-state index contributed by atoms with van der Waals surface area (Å²) in [5, 5.41) is 0. The van der Waals surface area contributed by atoms with E-state index in [-0.39, 0.29) is 5.91 Å². The zero-order valence-electron chi connectivity index (χ0n) is 14.9. The van der Waals surface area contributed by atoms with Crippen molar-refractivity contribution >= 4 is 17.7 Å². The molecule has 1 unspecified atom stereocenters. The normalized spacial score (nSPS) is 25.0. The lowest BCUT2D eigenvalue weighted by atomic mass is 9.89. The molecule has 2 aromatic carbocycles. The van der Waals surface area contributed by atoms with E-state index in [2.05, 4.69) is 32.2 Å². The van der Waals surface area contributed by atoms with Gasteiger partial charge in [0.15, 0.2) is 0 Å². The van der Waals surface area contributed by atoms with Gasteiger partial charge >= 0.3 is 0 Å². The summed E-state index contributed by atoms with van der Waals surface area (Å²) < 4.78 is 0. The number of rotatable bonds is 2. The first-order chi connectivity index (χ1) is 12.1. The van der Waals surface area contributed by atoms with Gasteiger partial charge < -0.3 is 9.80 Å². The molecule has 4 rings (SSSR count). The average molecular weight is 333 g/mol. The van der Waals surface area contributed by atoms with Crippen LogP contribution in [0.5, 0.6) is 0 Å². The third-order valence-corrected chi connectivity index (χ3v) is 5.53. The Morgan fingerprint density at radius 3 is 2.80 bits per heavy atom. The Balaban J connectivity index is 1.66. The van der Waals surface area contributed by atoms with E-state index in [4.69, 9.17) is 0 Å². The number of benzene rings is 2. The highest BCUT2D eigenvalue weighted by atomic mass is 16.2. The molecule has 2 aliphatic rings. The number of nitrogens with one attached hydrogen (secondary N) is 1. The predicted molar refractivity (Wildman–Crippen MR) is 102 cm³/mol. The van der Waals surface area contributed by atoms with Crippen LogP contribution in [0.25, 0.3) is 6.08 Å². The van der Waals surface area contributed by atoms with Crippen LogP contribution in [-0.4, -0.2) is 32.1 Å². The van der Waals surface area contributed by atoms with Crippen LogP contribution >= 0.6 is 0 Å². The highest BCUT2D eigenvalue weighted by molar-refractivity contribution is 6.06. The summed E-state index contributed by atoms with van der Waals surface area (Å²) in [5.41, 5.74) is 4.79. The molecule has 128 valence electrons. The first kappa shape index (κ1) is 16.1. The van der Waals surface area contributed by atoms with Crippen LogP contribution < -0.4 is 9.80 Å². The topological polar surface area (TPSA) is 24.8 Å². The molecule has 0 spiro atoms. The van der Waals surface area contributed by atoms with E-state index in [1.807, 2.05) is 41.3 Å². The van der Waals surface area contributed by atoms with Gasteiger partial charge in [-0.1, -0.05) is 48.0 Å². The lowest BCUT2D eigenvalue weighted by Gasteiger charge is -2.34. The van der Waals surface area contributed by atoms with E-state index in [0.717, 1.165) is 30.8 Å². The van der Waals surface area contributed by atoms with E-state index in [1.165, 1.54) is 11.1 Å². The number of quaternary nitrogens is 1. The van der Waals surface area contributed by atoms with Crippen LogP contribution in [0.2, 0.25) is 0 Å². The van der Waals surface area contributed by atoms with Crippen LogP contribution in [0.15, 0.2) is 54.6 Å². The standard InChI is InChI=1S/C22H24N2O/c1-16-8-10-20-18(14-16)19-15-23(2)13-12-21(19)24(20)22(25)11-9-17-6-4-3-5-7-17/h3-11,14,19,21H,12-13,15H2,1-2H3/p+1/b11-9+/t19-,21+/m1/s1. The molecule has 0 saturated carbocycles. The SMILES string of the molecule is Cc1ccc2c(c1)[C@H]1C[NH+](C)CC[C@@H]1N2C(=O)/C=C/c1ccccc1. The van der Waals surface area contributed by atoms with Gasteiger partial charge in [0.25, 0.3) is 5.91 Å². The van der Waals surface area contributed by atoms with Crippen molar-refractivity contribution in [3.05, 3.63) is 71.3 Å². The molecule has 3 heteroatoms. The molecular weight excluding hydrogens is 308 g/mol. The van der Waals surface area contributed by atoms with Crippen LogP contribution in [0.4, 0.5) is 5.69 Å². The fourth-order valence-corrected chi connectivity index (χ4v) is 4.30. The number of likely N-dealkylation sites (tertiary alicyclic amines) is 1. The monoisotopic (exact) mass is 333 g/mol. The Kier molecular flexibility index (Phi) is 4.18. The number of piperidine rings is 1. The maximum absolute atomic E-state index is 13.0. The number of amides is 1. The number of carbonyl (C=O) groups excluding carboxylic acids is 1. The van der Waals surface area contributed by atoms with Gasteiger partial charge in [0.1, 0.15) is 0 Å². The van der Waals surface area contributed by atoms with Crippen molar-refractivity contribution in [2.45, 2.75) is 25.3 Å². The van der Waals surface area contributed by atoms with Gasteiger partial charge in [-0.05, 0) is 30.2 Å². The van der Waals surface area contributed by atoms with Crippen molar-refractivity contribution < 1.29 is 9.69 Å². The molecule has 0 aromatic heterocycles. The largest absolute Gasteiger partial charge is 0.337 e. The van der Waals surface area contributed by atoms with Gasteiger partial charge in [-0.2, -0.15) is 0 Å². The second-order valence-electron chi connectivity index (χ2n) is 7.39. The highest BCUT2D eigenvalue weighted by Crippen LogP contribution is 2.43. The second-order valence-corrected chi connectivity index (χ2v) is 7.39. The maximum Gasteiger partial charge on any atom is 0.251 e. The molecule has 2 heterocycles. The van der Waals surface area contributed by atoms with E-state index in [1.54, 1.807) is 11.0 Å². The summed E-state index contributed by atoms with van der Waals surface area (Å²) in [5.74, 6) is 0.554.